The van der Waals surface area contributed by atoms with Gasteiger partial charge in [0.05, 0.1) is 11.4 Å². The van der Waals surface area contributed by atoms with Crippen LogP contribution >= 0.6 is 0 Å². The predicted octanol–water partition coefficient (Wildman–Crippen LogP) is 1.53. The number of rotatable bonds is 2. The van der Waals surface area contributed by atoms with Gasteiger partial charge in [-0.2, -0.15) is 0 Å². The lowest BCUT2D eigenvalue weighted by atomic mass is 9.97. The first-order chi connectivity index (χ1) is 10.2. The van der Waals surface area contributed by atoms with Gasteiger partial charge in [0.15, 0.2) is 0 Å². The predicted molar refractivity (Wildman–Crippen MR) is 82.4 cm³/mol. The molecule has 0 radical (unpaired) electrons. The van der Waals surface area contributed by atoms with Crippen LogP contribution in [0, 0.1) is 5.92 Å². The minimum atomic E-state index is -0.566. The van der Waals surface area contributed by atoms with Crippen molar-refractivity contribution in [3.05, 3.63) is 23.8 Å². The number of hydrogen-bond acceptors (Lipinski definition) is 3. The average Bonchev–Trinajstić information content (AvgIpc) is 2.48. The van der Waals surface area contributed by atoms with E-state index >= 15 is 0 Å². The number of carbonyl (C=O) groups is 2. The van der Waals surface area contributed by atoms with E-state index in [0.717, 1.165) is 37.2 Å². The van der Waals surface area contributed by atoms with Crippen LogP contribution in [-0.4, -0.2) is 32.0 Å². The minimum Gasteiger partial charge on any atom is -0.373 e. The molecule has 1 aromatic rings. The molecule has 1 atom stereocenters. The molecule has 21 heavy (non-hydrogen) atoms. The maximum absolute atomic E-state index is 12.4. The molecule has 0 aromatic heterocycles. The molecule has 2 aliphatic heterocycles. The van der Waals surface area contributed by atoms with Gasteiger partial charge >= 0.3 is 0 Å². The minimum absolute atomic E-state index is 0.156. The largest absolute Gasteiger partial charge is 0.373 e. The summed E-state index contributed by atoms with van der Waals surface area (Å²) in [5.74, 6) is -0.917. The zero-order valence-corrected chi connectivity index (χ0v) is 12.3. The van der Waals surface area contributed by atoms with Crippen molar-refractivity contribution in [2.24, 2.45) is 5.92 Å². The Labute approximate surface area is 124 Å². The summed E-state index contributed by atoms with van der Waals surface area (Å²) in [4.78, 5) is 26.4. The summed E-state index contributed by atoms with van der Waals surface area (Å²) in [5, 5.41) is 5.72. The van der Waals surface area contributed by atoms with Crippen molar-refractivity contribution >= 4 is 23.2 Å². The molecule has 5 nitrogen and oxygen atoms in total. The van der Waals surface area contributed by atoms with Crippen LogP contribution in [-0.2, 0) is 16.0 Å². The highest BCUT2D eigenvalue weighted by molar-refractivity contribution is 6.08. The number of fused-ring (bicyclic) bond motifs is 1. The molecule has 0 spiro atoms. The normalized spacial score (nSPS) is 21.5. The number of carbonyl (C=O) groups excluding carboxylic acids is 2. The van der Waals surface area contributed by atoms with Gasteiger partial charge in [0.2, 0.25) is 11.8 Å². The molecule has 0 unspecified atom stereocenters. The van der Waals surface area contributed by atoms with E-state index < -0.39 is 5.92 Å². The van der Waals surface area contributed by atoms with Gasteiger partial charge in [0.25, 0.3) is 0 Å². The number of anilines is 2. The quantitative estimate of drug-likeness (QED) is 0.811. The second-order valence-electron chi connectivity index (χ2n) is 5.81. The fourth-order valence-corrected chi connectivity index (χ4v) is 3.21. The van der Waals surface area contributed by atoms with E-state index in [1.165, 1.54) is 5.56 Å². The zero-order chi connectivity index (χ0) is 14.8. The van der Waals surface area contributed by atoms with E-state index in [1.54, 1.807) is 0 Å². The Kier molecular flexibility index (Phi) is 3.82. The summed E-state index contributed by atoms with van der Waals surface area (Å²) in [5.41, 5.74) is 3.17. The van der Waals surface area contributed by atoms with Crippen molar-refractivity contribution < 1.29 is 9.59 Å². The molecule has 2 aliphatic rings. The Morgan fingerprint density at radius 2 is 2.24 bits per heavy atom. The molecule has 112 valence electrons. The molecule has 1 fully saturated rings. The van der Waals surface area contributed by atoms with Gasteiger partial charge in [-0.25, -0.2) is 0 Å². The zero-order valence-electron chi connectivity index (χ0n) is 12.3. The van der Waals surface area contributed by atoms with Crippen LogP contribution in [0.4, 0.5) is 11.4 Å². The standard InChI is InChI=1S/C16H21N3O2/c1-19-10-4-6-11-5-2-8-13(14(11)19)18-16(21)12-7-3-9-17-15(12)20/h2,5,8,12H,3-4,6-7,9-10H2,1H3,(H,17,20)(H,18,21)/t12-/m0/s1. The van der Waals surface area contributed by atoms with E-state index in [4.69, 9.17) is 0 Å². The molecule has 1 aromatic carbocycles. The van der Waals surface area contributed by atoms with E-state index in [0.29, 0.717) is 13.0 Å². The van der Waals surface area contributed by atoms with Crippen LogP contribution in [0.15, 0.2) is 18.2 Å². The maximum atomic E-state index is 12.4. The Hall–Kier alpha value is -2.04. The SMILES string of the molecule is CN1CCCc2cccc(NC(=O)[C@H]3CCCNC3=O)c21. The Balaban J connectivity index is 1.82. The number of nitrogens with zero attached hydrogens (tertiary/aromatic N) is 1. The Morgan fingerprint density at radius 1 is 1.38 bits per heavy atom. The highest BCUT2D eigenvalue weighted by Gasteiger charge is 2.30. The second-order valence-corrected chi connectivity index (χ2v) is 5.81. The third kappa shape index (κ3) is 2.73. The molecule has 3 rings (SSSR count). The lowest BCUT2D eigenvalue weighted by Gasteiger charge is -2.30. The molecule has 2 N–H and O–H groups in total. The molecule has 2 heterocycles. The topological polar surface area (TPSA) is 61.4 Å². The first kappa shape index (κ1) is 13.9. The van der Waals surface area contributed by atoms with Crippen molar-refractivity contribution in [3.63, 3.8) is 0 Å². The Morgan fingerprint density at radius 3 is 3.05 bits per heavy atom. The summed E-state index contributed by atoms with van der Waals surface area (Å²) in [6.07, 6.45) is 3.65. The van der Waals surface area contributed by atoms with Crippen molar-refractivity contribution in [2.45, 2.75) is 25.7 Å². The van der Waals surface area contributed by atoms with Gasteiger partial charge < -0.3 is 15.5 Å². The number of para-hydroxylation sites is 1. The molecule has 2 amide bonds. The highest BCUT2D eigenvalue weighted by Crippen LogP contribution is 2.34. The van der Waals surface area contributed by atoms with Gasteiger partial charge in [-0.1, -0.05) is 12.1 Å². The smallest absolute Gasteiger partial charge is 0.237 e. The molecule has 5 heteroatoms. The summed E-state index contributed by atoms with van der Waals surface area (Å²) >= 11 is 0. The van der Waals surface area contributed by atoms with Gasteiger partial charge in [0.1, 0.15) is 5.92 Å². The van der Waals surface area contributed by atoms with Crippen LogP contribution < -0.4 is 15.5 Å². The lowest BCUT2D eigenvalue weighted by molar-refractivity contribution is -0.134. The molecular formula is C16H21N3O2. The summed E-state index contributed by atoms with van der Waals surface area (Å²) in [7, 11) is 2.04. The molecule has 0 bridgehead atoms. The van der Waals surface area contributed by atoms with Gasteiger partial charge in [-0.3, -0.25) is 9.59 Å². The third-order valence-corrected chi connectivity index (χ3v) is 4.30. The summed E-state index contributed by atoms with van der Waals surface area (Å²) in [6.45, 7) is 1.66. The summed E-state index contributed by atoms with van der Waals surface area (Å²) < 4.78 is 0. The number of amides is 2. The second kappa shape index (κ2) is 5.76. The molecular weight excluding hydrogens is 266 g/mol. The fraction of sp³-hybridized carbons (Fsp3) is 0.500. The van der Waals surface area contributed by atoms with Crippen LogP contribution in [0.5, 0.6) is 0 Å². The van der Waals surface area contributed by atoms with Crippen LogP contribution in [0.25, 0.3) is 0 Å². The van der Waals surface area contributed by atoms with Crippen molar-refractivity contribution in [1.29, 1.82) is 0 Å². The average molecular weight is 287 g/mol. The number of nitrogens with one attached hydrogen (secondary N) is 2. The first-order valence-corrected chi connectivity index (χ1v) is 7.58. The monoisotopic (exact) mass is 287 g/mol. The van der Waals surface area contributed by atoms with Crippen LogP contribution in [0.2, 0.25) is 0 Å². The number of piperidine rings is 1. The Bertz CT molecular complexity index is 571. The first-order valence-electron chi connectivity index (χ1n) is 7.58. The summed E-state index contributed by atoms with van der Waals surface area (Å²) in [6, 6.07) is 5.99. The lowest BCUT2D eigenvalue weighted by Crippen LogP contribution is -2.42. The van der Waals surface area contributed by atoms with Crippen molar-refractivity contribution in [2.75, 3.05) is 30.4 Å². The van der Waals surface area contributed by atoms with Gasteiger partial charge in [-0.05, 0) is 37.3 Å². The van der Waals surface area contributed by atoms with Crippen molar-refractivity contribution in [1.82, 2.24) is 5.32 Å². The van der Waals surface area contributed by atoms with Gasteiger partial charge in [-0.15, -0.1) is 0 Å². The van der Waals surface area contributed by atoms with Crippen LogP contribution in [0.1, 0.15) is 24.8 Å². The van der Waals surface area contributed by atoms with Crippen LogP contribution in [0.3, 0.4) is 0 Å². The van der Waals surface area contributed by atoms with E-state index in [2.05, 4.69) is 21.6 Å². The molecule has 1 saturated heterocycles. The van der Waals surface area contributed by atoms with E-state index in [1.807, 2.05) is 19.2 Å². The third-order valence-electron chi connectivity index (χ3n) is 4.30. The maximum Gasteiger partial charge on any atom is 0.237 e. The molecule has 0 saturated carbocycles. The fourth-order valence-electron chi connectivity index (χ4n) is 3.21. The molecule has 0 aliphatic carbocycles. The number of aryl methyl sites for hydroxylation is 1. The highest BCUT2D eigenvalue weighted by atomic mass is 16.2. The number of hydrogen-bond donors (Lipinski definition) is 2. The number of benzene rings is 1. The van der Waals surface area contributed by atoms with E-state index in [9.17, 15) is 9.59 Å². The van der Waals surface area contributed by atoms with E-state index in [-0.39, 0.29) is 11.8 Å². The van der Waals surface area contributed by atoms with Crippen molar-refractivity contribution in [3.8, 4) is 0 Å². The van der Waals surface area contributed by atoms with Gasteiger partial charge in [0, 0.05) is 20.1 Å².